The minimum atomic E-state index is -0.582. The molecule has 1 aromatic carbocycles. The molecule has 1 fully saturated rings. The van der Waals surface area contributed by atoms with Crippen LogP contribution in [0.1, 0.15) is 40.5 Å². The van der Waals surface area contributed by atoms with Crippen molar-refractivity contribution in [2.75, 3.05) is 40.0 Å². The third-order valence-corrected chi connectivity index (χ3v) is 7.34. The van der Waals surface area contributed by atoms with Crippen LogP contribution in [-0.4, -0.2) is 72.9 Å². The van der Waals surface area contributed by atoms with E-state index in [1.54, 1.807) is 18.4 Å². The second kappa shape index (κ2) is 10.3. The summed E-state index contributed by atoms with van der Waals surface area (Å²) in [6.07, 6.45) is 2.47. The maximum Gasteiger partial charge on any atom is 0.237 e. The lowest BCUT2D eigenvalue weighted by molar-refractivity contribution is -0.136. The lowest BCUT2D eigenvalue weighted by atomic mass is 10.00. The number of nitrogens with zero attached hydrogens (tertiary/aromatic N) is 2. The number of methoxy groups -OCH3 is 1. The largest absolute Gasteiger partial charge is 0.491 e. The number of carbonyl (C=O) groups is 1. The fraction of sp³-hybridized carbons (Fsp3) is 0.560. The third-order valence-electron chi connectivity index (χ3n) is 6.35. The molecule has 1 saturated carbocycles. The Kier molecular flexibility index (Phi) is 7.51. The third kappa shape index (κ3) is 5.52. The van der Waals surface area contributed by atoms with Crippen molar-refractivity contribution in [3.05, 3.63) is 51.2 Å². The predicted molar refractivity (Wildman–Crippen MR) is 126 cm³/mol. The molecule has 4 rings (SSSR count). The van der Waals surface area contributed by atoms with Crippen LogP contribution < -0.4 is 4.74 Å². The van der Waals surface area contributed by atoms with E-state index < -0.39 is 6.10 Å². The molecule has 2 aromatic rings. The summed E-state index contributed by atoms with van der Waals surface area (Å²) in [6.45, 7) is 6.34. The second-order valence-electron chi connectivity index (χ2n) is 9.00. The minimum Gasteiger partial charge on any atom is -0.491 e. The van der Waals surface area contributed by atoms with Gasteiger partial charge in [-0.1, -0.05) is 17.7 Å². The number of hydrogen-bond acceptors (Lipinski definition) is 6. The number of aliphatic hydroxyl groups is 1. The van der Waals surface area contributed by atoms with Gasteiger partial charge >= 0.3 is 0 Å². The summed E-state index contributed by atoms with van der Waals surface area (Å²) < 4.78 is 11.3. The van der Waals surface area contributed by atoms with Gasteiger partial charge in [-0.25, -0.2) is 0 Å². The fourth-order valence-corrected chi connectivity index (χ4v) is 5.50. The van der Waals surface area contributed by atoms with Crippen LogP contribution in [0.5, 0.6) is 5.75 Å². The Morgan fingerprint density at radius 1 is 1.31 bits per heavy atom. The molecule has 2 atom stereocenters. The van der Waals surface area contributed by atoms with E-state index in [1.165, 1.54) is 16.0 Å². The van der Waals surface area contributed by atoms with Crippen LogP contribution in [0.3, 0.4) is 0 Å². The van der Waals surface area contributed by atoms with Crippen LogP contribution in [0.15, 0.2) is 29.6 Å². The van der Waals surface area contributed by atoms with Crippen LogP contribution in [0, 0.1) is 13.8 Å². The number of ether oxygens (including phenoxy) is 2. The van der Waals surface area contributed by atoms with Gasteiger partial charge in [0.2, 0.25) is 5.91 Å². The van der Waals surface area contributed by atoms with Crippen molar-refractivity contribution in [3.63, 3.8) is 0 Å². The standard InChI is InChI=1S/C25H34N2O4S/c1-17-4-7-23(18(2)12-17)31-16-22-21-9-11-32-24(21)8-10-27(22)25(29)14-26(19-5-6-19)13-20(28)15-30-3/h4,7,9,11-12,19-20,22,28H,5-6,8,10,13-16H2,1-3H3/t20-,22+/m1/s1. The first-order chi connectivity index (χ1) is 15.5. The molecule has 2 aliphatic rings. The molecule has 0 bridgehead atoms. The molecule has 1 aliphatic heterocycles. The van der Waals surface area contributed by atoms with Gasteiger partial charge in [0.15, 0.2) is 0 Å². The minimum absolute atomic E-state index is 0.0943. The molecule has 174 valence electrons. The summed E-state index contributed by atoms with van der Waals surface area (Å²) >= 11 is 1.76. The molecule has 1 aliphatic carbocycles. The summed E-state index contributed by atoms with van der Waals surface area (Å²) in [6, 6.07) is 8.62. The van der Waals surface area contributed by atoms with Crippen LogP contribution in [0.2, 0.25) is 0 Å². The average molecular weight is 459 g/mol. The Morgan fingerprint density at radius 2 is 2.12 bits per heavy atom. The molecule has 0 spiro atoms. The molecule has 32 heavy (non-hydrogen) atoms. The molecular formula is C25H34N2O4S. The highest BCUT2D eigenvalue weighted by molar-refractivity contribution is 7.10. The van der Waals surface area contributed by atoms with Gasteiger partial charge in [0, 0.05) is 31.1 Å². The van der Waals surface area contributed by atoms with Crippen molar-refractivity contribution in [2.45, 2.75) is 51.3 Å². The maximum absolute atomic E-state index is 13.5. The lowest BCUT2D eigenvalue weighted by Crippen LogP contribution is -2.48. The van der Waals surface area contributed by atoms with E-state index in [0.717, 1.165) is 30.6 Å². The van der Waals surface area contributed by atoms with E-state index in [2.05, 4.69) is 42.3 Å². The van der Waals surface area contributed by atoms with Crippen LogP contribution >= 0.6 is 11.3 Å². The van der Waals surface area contributed by atoms with Gasteiger partial charge in [-0.2, -0.15) is 0 Å². The highest BCUT2D eigenvalue weighted by atomic mass is 32.1. The zero-order valence-corrected chi connectivity index (χ0v) is 20.1. The van der Waals surface area contributed by atoms with Gasteiger partial charge in [-0.15, -0.1) is 11.3 Å². The number of aryl methyl sites for hydroxylation is 2. The second-order valence-corrected chi connectivity index (χ2v) is 10.0. The van der Waals surface area contributed by atoms with Gasteiger partial charge in [0.05, 0.1) is 25.3 Å². The van der Waals surface area contributed by atoms with Gasteiger partial charge in [0.25, 0.3) is 0 Å². The van der Waals surface area contributed by atoms with Crippen molar-refractivity contribution in [1.29, 1.82) is 0 Å². The van der Waals surface area contributed by atoms with Crippen molar-refractivity contribution in [1.82, 2.24) is 9.80 Å². The SMILES string of the molecule is COC[C@H](O)CN(CC(=O)N1CCc2sccc2[C@@H]1COc1ccc(C)cc1C)C1CC1. The Balaban J connectivity index is 1.47. The highest BCUT2D eigenvalue weighted by Crippen LogP contribution is 2.35. The Labute approximate surface area is 194 Å². The van der Waals surface area contributed by atoms with Gasteiger partial charge in [-0.05, 0) is 61.7 Å². The lowest BCUT2D eigenvalue weighted by Gasteiger charge is -2.37. The zero-order valence-electron chi connectivity index (χ0n) is 19.3. The van der Waals surface area contributed by atoms with Crippen LogP contribution in [-0.2, 0) is 16.0 Å². The zero-order chi connectivity index (χ0) is 22.7. The summed E-state index contributed by atoms with van der Waals surface area (Å²) in [4.78, 5) is 18.9. The topological polar surface area (TPSA) is 62.2 Å². The first-order valence-corrected chi connectivity index (χ1v) is 12.3. The highest BCUT2D eigenvalue weighted by Gasteiger charge is 2.36. The normalized spacial score (nSPS) is 19.2. The maximum atomic E-state index is 13.5. The van der Waals surface area contributed by atoms with Gasteiger partial charge < -0.3 is 19.5 Å². The first-order valence-electron chi connectivity index (χ1n) is 11.4. The van der Waals surface area contributed by atoms with Crippen molar-refractivity contribution in [3.8, 4) is 5.75 Å². The van der Waals surface area contributed by atoms with E-state index in [4.69, 9.17) is 9.47 Å². The fourth-order valence-electron chi connectivity index (χ4n) is 4.57. The van der Waals surface area contributed by atoms with Crippen LogP contribution in [0.4, 0.5) is 0 Å². The number of amides is 1. The summed E-state index contributed by atoms with van der Waals surface area (Å²) in [7, 11) is 1.59. The Morgan fingerprint density at radius 3 is 2.84 bits per heavy atom. The quantitative estimate of drug-likeness (QED) is 0.592. The smallest absolute Gasteiger partial charge is 0.237 e. The van der Waals surface area contributed by atoms with Gasteiger partial charge in [0.1, 0.15) is 12.4 Å². The molecular weight excluding hydrogens is 424 g/mol. The number of carbonyl (C=O) groups excluding carboxylic acids is 1. The number of aliphatic hydroxyl groups excluding tert-OH is 1. The van der Waals surface area contributed by atoms with E-state index in [1.807, 2.05) is 11.0 Å². The van der Waals surface area contributed by atoms with Crippen molar-refractivity contribution < 1.29 is 19.4 Å². The van der Waals surface area contributed by atoms with Crippen LogP contribution in [0.25, 0.3) is 0 Å². The molecule has 1 aromatic heterocycles. The predicted octanol–water partition coefficient (Wildman–Crippen LogP) is 3.34. The molecule has 0 radical (unpaired) electrons. The number of benzene rings is 1. The molecule has 1 amide bonds. The molecule has 0 saturated heterocycles. The van der Waals surface area contributed by atoms with Crippen molar-refractivity contribution in [2.24, 2.45) is 0 Å². The monoisotopic (exact) mass is 458 g/mol. The first kappa shape index (κ1) is 23.2. The Hall–Kier alpha value is -1.93. The Bertz CT molecular complexity index is 926. The van der Waals surface area contributed by atoms with E-state index in [0.29, 0.717) is 32.3 Å². The molecule has 2 heterocycles. The number of rotatable bonds is 10. The summed E-state index contributed by atoms with van der Waals surface area (Å²) in [5.74, 6) is 0.972. The molecule has 6 nitrogen and oxygen atoms in total. The molecule has 0 unspecified atom stereocenters. The van der Waals surface area contributed by atoms with Gasteiger partial charge in [-0.3, -0.25) is 9.69 Å². The average Bonchev–Trinajstić information content (AvgIpc) is 3.49. The number of thiophene rings is 1. The molecule has 7 heteroatoms. The van der Waals surface area contributed by atoms with E-state index >= 15 is 0 Å². The molecule has 1 N–H and O–H groups in total. The number of fused-ring (bicyclic) bond motifs is 1. The number of hydrogen-bond donors (Lipinski definition) is 1. The van der Waals surface area contributed by atoms with E-state index in [9.17, 15) is 9.90 Å². The van der Waals surface area contributed by atoms with Crippen molar-refractivity contribution >= 4 is 17.2 Å². The summed E-state index contributed by atoms with van der Waals surface area (Å²) in [5, 5.41) is 12.3. The van der Waals surface area contributed by atoms with E-state index in [-0.39, 0.29) is 18.6 Å². The summed E-state index contributed by atoms with van der Waals surface area (Å²) in [5.41, 5.74) is 3.52.